The van der Waals surface area contributed by atoms with Gasteiger partial charge in [-0.15, -0.1) is 0 Å². The second kappa shape index (κ2) is 5.08. The van der Waals surface area contributed by atoms with Crippen molar-refractivity contribution in [3.8, 4) is 6.07 Å². The summed E-state index contributed by atoms with van der Waals surface area (Å²) in [6.45, 7) is 5.26. The molecular formula is C12H16N2O4. The maximum absolute atomic E-state index is 11.9. The largest absolute Gasteiger partial charge is 0.480 e. The third kappa shape index (κ3) is 3.48. The molecular weight excluding hydrogens is 236 g/mol. The number of amides is 1. The predicted octanol–water partition coefficient (Wildman–Crippen LogP) is 1.53. The van der Waals surface area contributed by atoms with Crippen molar-refractivity contribution in [1.29, 1.82) is 5.26 Å². The Labute approximate surface area is 105 Å². The molecule has 1 fully saturated rings. The van der Waals surface area contributed by atoms with Crippen LogP contribution in [0.15, 0.2) is 11.6 Å². The minimum atomic E-state index is -1.10. The fourth-order valence-electron chi connectivity index (χ4n) is 1.68. The minimum absolute atomic E-state index is 0.124. The van der Waals surface area contributed by atoms with Crippen molar-refractivity contribution < 1.29 is 19.4 Å². The normalized spacial score (nSPS) is 21.8. The van der Waals surface area contributed by atoms with Crippen molar-refractivity contribution in [2.45, 2.75) is 38.8 Å². The third-order valence-corrected chi connectivity index (χ3v) is 2.39. The Morgan fingerprint density at radius 2 is 2.17 bits per heavy atom. The average molecular weight is 252 g/mol. The average Bonchev–Trinajstić information content (AvgIpc) is 2.59. The molecule has 0 spiro atoms. The molecule has 0 aromatic heterocycles. The van der Waals surface area contributed by atoms with Gasteiger partial charge in [0, 0.05) is 19.0 Å². The van der Waals surface area contributed by atoms with Gasteiger partial charge in [0.05, 0.1) is 6.07 Å². The topological polar surface area (TPSA) is 90.6 Å². The van der Waals surface area contributed by atoms with E-state index in [9.17, 15) is 9.59 Å². The van der Waals surface area contributed by atoms with Crippen molar-refractivity contribution in [3.05, 3.63) is 11.6 Å². The van der Waals surface area contributed by atoms with Gasteiger partial charge in [-0.3, -0.25) is 4.90 Å². The quantitative estimate of drug-likeness (QED) is 0.714. The predicted molar refractivity (Wildman–Crippen MR) is 62.7 cm³/mol. The van der Waals surface area contributed by atoms with E-state index in [1.807, 2.05) is 6.07 Å². The van der Waals surface area contributed by atoms with Crippen molar-refractivity contribution in [3.63, 3.8) is 0 Å². The van der Waals surface area contributed by atoms with E-state index < -0.39 is 23.7 Å². The molecule has 0 saturated carbocycles. The number of carboxylic acid groups (broad SMARTS) is 1. The number of aliphatic carboxylic acids is 1. The number of allylic oxidation sites excluding steroid dienone is 1. The van der Waals surface area contributed by atoms with E-state index in [0.29, 0.717) is 5.57 Å². The highest BCUT2D eigenvalue weighted by atomic mass is 16.6. The summed E-state index contributed by atoms with van der Waals surface area (Å²) < 4.78 is 5.14. The summed E-state index contributed by atoms with van der Waals surface area (Å²) in [5.41, 5.74) is -0.0577. The standard InChI is InChI=1S/C12H16N2O4/c1-12(2,3)18-11(17)14-7-8(4-5-13)6-9(14)10(15)16/h4,9H,6-7H2,1-3H3,(H,15,16)/t9-/m0/s1. The van der Waals surface area contributed by atoms with Gasteiger partial charge in [0.2, 0.25) is 0 Å². The Bertz CT molecular complexity index is 428. The van der Waals surface area contributed by atoms with Crippen LogP contribution < -0.4 is 0 Å². The molecule has 1 atom stereocenters. The molecule has 0 aromatic rings. The van der Waals surface area contributed by atoms with E-state index in [0.717, 1.165) is 4.90 Å². The van der Waals surface area contributed by atoms with Gasteiger partial charge in [-0.05, 0) is 26.3 Å². The van der Waals surface area contributed by atoms with Crippen LogP contribution in [0.4, 0.5) is 4.79 Å². The van der Waals surface area contributed by atoms with Gasteiger partial charge < -0.3 is 9.84 Å². The number of nitriles is 1. The summed E-state index contributed by atoms with van der Waals surface area (Å²) in [5.74, 6) is -1.10. The van der Waals surface area contributed by atoms with Gasteiger partial charge in [-0.2, -0.15) is 5.26 Å². The van der Waals surface area contributed by atoms with Crippen molar-refractivity contribution in [2.24, 2.45) is 0 Å². The zero-order valence-electron chi connectivity index (χ0n) is 10.6. The van der Waals surface area contributed by atoms with Crippen molar-refractivity contribution in [1.82, 2.24) is 4.90 Å². The van der Waals surface area contributed by atoms with Crippen LogP contribution in [0, 0.1) is 11.3 Å². The first kappa shape index (κ1) is 14.0. The summed E-state index contributed by atoms with van der Waals surface area (Å²) >= 11 is 0. The second-order valence-electron chi connectivity index (χ2n) is 5.10. The highest BCUT2D eigenvalue weighted by Crippen LogP contribution is 2.24. The molecule has 0 unspecified atom stereocenters. The van der Waals surface area contributed by atoms with Gasteiger partial charge in [0.1, 0.15) is 11.6 Å². The molecule has 0 bridgehead atoms. The smallest absolute Gasteiger partial charge is 0.411 e. The Kier molecular flexibility index (Phi) is 3.96. The van der Waals surface area contributed by atoms with Crippen LogP contribution >= 0.6 is 0 Å². The highest BCUT2D eigenvalue weighted by molar-refractivity contribution is 5.82. The highest BCUT2D eigenvalue weighted by Gasteiger charge is 2.38. The minimum Gasteiger partial charge on any atom is -0.480 e. The first-order chi connectivity index (χ1) is 8.24. The van der Waals surface area contributed by atoms with Gasteiger partial charge >= 0.3 is 12.1 Å². The Hall–Kier alpha value is -2.03. The fraction of sp³-hybridized carbons (Fsp3) is 0.583. The van der Waals surface area contributed by atoms with Crippen LogP contribution in [0.3, 0.4) is 0 Å². The van der Waals surface area contributed by atoms with Crippen LogP contribution in [0.2, 0.25) is 0 Å². The molecule has 1 saturated heterocycles. The van der Waals surface area contributed by atoms with Crippen LogP contribution in [0.1, 0.15) is 27.2 Å². The molecule has 6 nitrogen and oxygen atoms in total. The molecule has 0 radical (unpaired) electrons. The van der Waals surface area contributed by atoms with Crippen molar-refractivity contribution in [2.75, 3.05) is 6.54 Å². The molecule has 0 aliphatic carbocycles. The lowest BCUT2D eigenvalue weighted by Gasteiger charge is -2.26. The number of hydrogen-bond acceptors (Lipinski definition) is 4. The number of carbonyl (C=O) groups excluding carboxylic acids is 1. The Morgan fingerprint density at radius 3 is 2.61 bits per heavy atom. The molecule has 1 rings (SSSR count). The van der Waals surface area contributed by atoms with E-state index >= 15 is 0 Å². The van der Waals surface area contributed by atoms with Gasteiger partial charge in [-0.25, -0.2) is 9.59 Å². The van der Waals surface area contributed by atoms with E-state index in [-0.39, 0.29) is 13.0 Å². The first-order valence-corrected chi connectivity index (χ1v) is 5.54. The first-order valence-electron chi connectivity index (χ1n) is 5.54. The van der Waals surface area contributed by atoms with Gasteiger partial charge in [0.25, 0.3) is 0 Å². The van der Waals surface area contributed by atoms with E-state index in [4.69, 9.17) is 15.1 Å². The van der Waals surface area contributed by atoms with Crippen LogP contribution in [-0.4, -0.2) is 40.3 Å². The Morgan fingerprint density at radius 1 is 1.56 bits per heavy atom. The number of likely N-dealkylation sites (tertiary alicyclic amines) is 1. The summed E-state index contributed by atoms with van der Waals surface area (Å²) in [4.78, 5) is 24.1. The second-order valence-corrected chi connectivity index (χ2v) is 5.10. The summed E-state index contributed by atoms with van der Waals surface area (Å²) in [6.07, 6.45) is 0.777. The molecule has 1 aliphatic heterocycles. The summed E-state index contributed by atoms with van der Waals surface area (Å²) in [6, 6.07) is 0.884. The molecule has 98 valence electrons. The zero-order valence-corrected chi connectivity index (χ0v) is 10.6. The number of rotatable bonds is 1. The zero-order chi connectivity index (χ0) is 13.9. The molecule has 1 heterocycles. The molecule has 0 aromatic carbocycles. The van der Waals surface area contributed by atoms with E-state index in [1.54, 1.807) is 20.8 Å². The molecule has 6 heteroatoms. The molecule has 1 amide bonds. The summed E-state index contributed by atoms with van der Waals surface area (Å²) in [5, 5.41) is 17.6. The monoisotopic (exact) mass is 252 g/mol. The van der Waals surface area contributed by atoms with Gasteiger partial charge in [-0.1, -0.05) is 0 Å². The number of nitrogens with zero attached hydrogens (tertiary/aromatic N) is 2. The van der Waals surface area contributed by atoms with Crippen LogP contribution in [0.25, 0.3) is 0 Å². The maximum Gasteiger partial charge on any atom is 0.411 e. The lowest BCUT2D eigenvalue weighted by molar-refractivity contribution is -0.142. The SMILES string of the molecule is CC(C)(C)OC(=O)N1CC(=CC#N)C[C@H]1C(=O)O. The Balaban J connectivity index is 2.86. The van der Waals surface area contributed by atoms with Gasteiger partial charge in [0.15, 0.2) is 0 Å². The number of carbonyl (C=O) groups is 2. The van der Waals surface area contributed by atoms with Crippen LogP contribution in [-0.2, 0) is 9.53 Å². The third-order valence-electron chi connectivity index (χ3n) is 2.39. The molecule has 1 N–H and O–H groups in total. The summed E-state index contributed by atoms with van der Waals surface area (Å²) in [7, 11) is 0. The maximum atomic E-state index is 11.9. The van der Waals surface area contributed by atoms with Crippen molar-refractivity contribution >= 4 is 12.1 Å². The number of ether oxygens (including phenoxy) is 1. The molecule has 18 heavy (non-hydrogen) atoms. The lowest BCUT2D eigenvalue weighted by Crippen LogP contribution is -2.43. The van der Waals surface area contributed by atoms with E-state index in [1.165, 1.54) is 6.08 Å². The number of carboxylic acids is 1. The van der Waals surface area contributed by atoms with Crippen LogP contribution in [0.5, 0.6) is 0 Å². The fourth-order valence-corrected chi connectivity index (χ4v) is 1.68. The molecule has 1 aliphatic rings. The van der Waals surface area contributed by atoms with E-state index in [2.05, 4.69) is 0 Å². The number of hydrogen-bond donors (Lipinski definition) is 1. The lowest BCUT2D eigenvalue weighted by atomic mass is 10.1.